The molecule has 0 aliphatic heterocycles. The number of nitrogens with one attached hydrogen (secondary N) is 1. The van der Waals surface area contributed by atoms with Gasteiger partial charge in [-0.3, -0.25) is 4.98 Å². The van der Waals surface area contributed by atoms with Crippen molar-refractivity contribution in [3.8, 4) is 0 Å². The summed E-state index contributed by atoms with van der Waals surface area (Å²) >= 11 is 1.76. The average molecular weight is 247 g/mol. The van der Waals surface area contributed by atoms with Gasteiger partial charge in [0.2, 0.25) is 0 Å². The Morgan fingerprint density at radius 1 is 1.35 bits per heavy atom. The third kappa shape index (κ3) is 3.54. The first-order valence-electron chi connectivity index (χ1n) is 5.68. The summed E-state index contributed by atoms with van der Waals surface area (Å²) in [7, 11) is 0. The molecule has 0 aliphatic carbocycles. The van der Waals surface area contributed by atoms with Crippen LogP contribution in [0.25, 0.3) is 0 Å². The molecule has 0 spiro atoms. The van der Waals surface area contributed by atoms with Crippen molar-refractivity contribution in [2.24, 2.45) is 0 Å². The summed E-state index contributed by atoms with van der Waals surface area (Å²) in [4.78, 5) is 4.27. The number of nitrogens with two attached hydrogens (primary N) is 1. The van der Waals surface area contributed by atoms with Gasteiger partial charge in [-0.2, -0.15) is 11.3 Å². The Morgan fingerprint density at radius 2 is 2.24 bits per heavy atom. The van der Waals surface area contributed by atoms with Gasteiger partial charge in [0.15, 0.2) is 0 Å². The zero-order valence-electron chi connectivity index (χ0n) is 9.94. The normalized spacial score (nSPS) is 10.6. The van der Waals surface area contributed by atoms with Crippen molar-refractivity contribution in [2.75, 3.05) is 12.3 Å². The van der Waals surface area contributed by atoms with Gasteiger partial charge in [0.25, 0.3) is 0 Å². The molecule has 17 heavy (non-hydrogen) atoms. The molecule has 0 aliphatic rings. The SMILES string of the molecule is Cc1cscc1CNCCc1ccc(N)cn1. The molecule has 2 aromatic heterocycles. The van der Waals surface area contributed by atoms with E-state index < -0.39 is 0 Å². The molecule has 0 atom stereocenters. The first-order chi connectivity index (χ1) is 8.25. The van der Waals surface area contributed by atoms with Crippen LogP contribution in [0.3, 0.4) is 0 Å². The fourth-order valence-electron chi connectivity index (χ4n) is 1.59. The van der Waals surface area contributed by atoms with E-state index in [1.807, 2.05) is 12.1 Å². The van der Waals surface area contributed by atoms with Crippen LogP contribution in [-0.4, -0.2) is 11.5 Å². The fourth-order valence-corrected chi connectivity index (χ4v) is 2.45. The van der Waals surface area contributed by atoms with Gasteiger partial charge in [0, 0.05) is 25.2 Å². The summed E-state index contributed by atoms with van der Waals surface area (Å²) in [6, 6.07) is 3.87. The maximum Gasteiger partial charge on any atom is 0.0501 e. The molecule has 2 heterocycles. The second-order valence-electron chi connectivity index (χ2n) is 4.09. The van der Waals surface area contributed by atoms with Crippen LogP contribution < -0.4 is 11.1 Å². The first-order valence-corrected chi connectivity index (χ1v) is 6.63. The first kappa shape index (κ1) is 12.1. The predicted molar refractivity (Wildman–Crippen MR) is 73.1 cm³/mol. The molecule has 0 aromatic carbocycles. The number of anilines is 1. The number of nitrogens with zero attached hydrogens (tertiary/aromatic N) is 1. The molecule has 0 bridgehead atoms. The number of hydrogen-bond donors (Lipinski definition) is 2. The molecule has 90 valence electrons. The molecule has 0 unspecified atom stereocenters. The van der Waals surface area contributed by atoms with Gasteiger partial charge in [-0.15, -0.1) is 0 Å². The van der Waals surface area contributed by atoms with Gasteiger partial charge >= 0.3 is 0 Å². The van der Waals surface area contributed by atoms with Crippen LogP contribution >= 0.6 is 11.3 Å². The molecule has 0 saturated carbocycles. The van der Waals surface area contributed by atoms with E-state index in [0.29, 0.717) is 0 Å². The third-order valence-corrected chi connectivity index (χ3v) is 3.59. The van der Waals surface area contributed by atoms with E-state index in [4.69, 9.17) is 5.73 Å². The average Bonchev–Trinajstić information content (AvgIpc) is 2.73. The van der Waals surface area contributed by atoms with E-state index in [1.54, 1.807) is 17.5 Å². The van der Waals surface area contributed by atoms with Crippen molar-refractivity contribution >= 4 is 17.0 Å². The number of hydrogen-bond acceptors (Lipinski definition) is 4. The smallest absolute Gasteiger partial charge is 0.0501 e. The van der Waals surface area contributed by atoms with Gasteiger partial charge < -0.3 is 11.1 Å². The minimum Gasteiger partial charge on any atom is -0.397 e. The molecule has 0 amide bonds. The molecule has 3 N–H and O–H groups in total. The Balaban J connectivity index is 1.73. The number of aryl methyl sites for hydroxylation is 1. The predicted octanol–water partition coefficient (Wildman–Crippen LogP) is 2.37. The van der Waals surface area contributed by atoms with Gasteiger partial charge in [0.1, 0.15) is 0 Å². The minimum absolute atomic E-state index is 0.718. The number of rotatable bonds is 5. The van der Waals surface area contributed by atoms with E-state index in [0.717, 1.165) is 30.9 Å². The summed E-state index contributed by atoms with van der Waals surface area (Å²) < 4.78 is 0. The highest BCUT2D eigenvalue weighted by atomic mass is 32.1. The van der Waals surface area contributed by atoms with Crippen LogP contribution in [0.4, 0.5) is 5.69 Å². The molecular weight excluding hydrogens is 230 g/mol. The summed E-state index contributed by atoms with van der Waals surface area (Å²) in [5.41, 5.74) is 10.1. The third-order valence-electron chi connectivity index (χ3n) is 2.68. The summed E-state index contributed by atoms with van der Waals surface area (Å²) in [5.74, 6) is 0. The number of aromatic nitrogens is 1. The van der Waals surface area contributed by atoms with Crippen molar-refractivity contribution in [2.45, 2.75) is 19.9 Å². The zero-order valence-corrected chi connectivity index (χ0v) is 10.8. The molecule has 0 radical (unpaired) electrons. The van der Waals surface area contributed by atoms with Crippen LogP contribution in [-0.2, 0) is 13.0 Å². The summed E-state index contributed by atoms with van der Waals surface area (Å²) in [6.07, 6.45) is 2.64. The van der Waals surface area contributed by atoms with Crippen molar-refractivity contribution in [1.82, 2.24) is 10.3 Å². The number of pyridine rings is 1. The molecular formula is C13H17N3S. The van der Waals surface area contributed by atoms with E-state index in [2.05, 4.69) is 28.0 Å². The largest absolute Gasteiger partial charge is 0.397 e. The van der Waals surface area contributed by atoms with Gasteiger partial charge in [-0.05, 0) is 40.9 Å². The highest BCUT2D eigenvalue weighted by Gasteiger charge is 1.99. The molecule has 2 aromatic rings. The lowest BCUT2D eigenvalue weighted by Crippen LogP contribution is -2.17. The van der Waals surface area contributed by atoms with Crippen LogP contribution in [0.15, 0.2) is 29.1 Å². The van der Waals surface area contributed by atoms with Crippen molar-refractivity contribution < 1.29 is 0 Å². The van der Waals surface area contributed by atoms with Gasteiger partial charge in [-0.1, -0.05) is 0 Å². The topological polar surface area (TPSA) is 50.9 Å². The summed E-state index contributed by atoms with van der Waals surface area (Å²) in [5, 5.41) is 7.80. The van der Waals surface area contributed by atoms with Gasteiger partial charge in [-0.25, -0.2) is 0 Å². The van der Waals surface area contributed by atoms with Crippen molar-refractivity contribution in [1.29, 1.82) is 0 Å². The quantitative estimate of drug-likeness (QED) is 0.798. The highest BCUT2D eigenvalue weighted by Crippen LogP contribution is 2.12. The molecule has 0 saturated heterocycles. The lowest BCUT2D eigenvalue weighted by molar-refractivity contribution is 0.679. The van der Waals surface area contributed by atoms with Crippen LogP contribution in [0.5, 0.6) is 0 Å². The molecule has 2 rings (SSSR count). The minimum atomic E-state index is 0.718. The Morgan fingerprint density at radius 3 is 2.88 bits per heavy atom. The zero-order chi connectivity index (χ0) is 12.1. The van der Waals surface area contributed by atoms with E-state index in [9.17, 15) is 0 Å². The fraction of sp³-hybridized carbons (Fsp3) is 0.308. The Bertz CT molecular complexity index is 462. The molecule has 3 nitrogen and oxygen atoms in total. The second kappa shape index (κ2) is 5.80. The number of thiophene rings is 1. The Labute approximate surface area is 106 Å². The molecule has 4 heteroatoms. The van der Waals surface area contributed by atoms with Crippen LogP contribution in [0, 0.1) is 6.92 Å². The molecule has 0 fully saturated rings. The van der Waals surface area contributed by atoms with Crippen LogP contribution in [0.2, 0.25) is 0 Å². The van der Waals surface area contributed by atoms with Crippen molar-refractivity contribution in [3.05, 3.63) is 45.9 Å². The summed E-state index contributed by atoms with van der Waals surface area (Å²) in [6.45, 7) is 4.02. The Kier molecular flexibility index (Phi) is 4.12. The Hall–Kier alpha value is -1.39. The van der Waals surface area contributed by atoms with E-state index in [1.165, 1.54) is 11.1 Å². The van der Waals surface area contributed by atoms with Crippen LogP contribution in [0.1, 0.15) is 16.8 Å². The van der Waals surface area contributed by atoms with E-state index >= 15 is 0 Å². The maximum absolute atomic E-state index is 5.59. The standard InChI is InChI=1S/C13H17N3S/c1-10-8-17-9-11(10)6-15-5-4-13-3-2-12(14)7-16-13/h2-3,7-9,15H,4-6,14H2,1H3. The second-order valence-corrected chi connectivity index (χ2v) is 4.83. The number of nitrogen functional groups attached to an aromatic ring is 1. The van der Waals surface area contributed by atoms with E-state index in [-0.39, 0.29) is 0 Å². The lowest BCUT2D eigenvalue weighted by atomic mass is 10.2. The van der Waals surface area contributed by atoms with Gasteiger partial charge in [0.05, 0.1) is 11.9 Å². The monoisotopic (exact) mass is 247 g/mol. The maximum atomic E-state index is 5.59. The lowest BCUT2D eigenvalue weighted by Gasteiger charge is -2.04. The van der Waals surface area contributed by atoms with Crippen molar-refractivity contribution in [3.63, 3.8) is 0 Å². The highest BCUT2D eigenvalue weighted by molar-refractivity contribution is 7.08.